The fraction of sp³-hybridized carbons (Fsp3) is 0.316. The van der Waals surface area contributed by atoms with E-state index in [0.29, 0.717) is 36.9 Å². The van der Waals surface area contributed by atoms with E-state index in [1.807, 2.05) is 11.8 Å². The molecule has 0 unspecified atom stereocenters. The Morgan fingerprint density at radius 3 is 2.32 bits per heavy atom. The van der Waals surface area contributed by atoms with E-state index < -0.39 is 10.0 Å². The van der Waals surface area contributed by atoms with Crippen molar-refractivity contribution in [2.24, 2.45) is 0 Å². The minimum Gasteiger partial charge on any atom is -0.325 e. The number of anilines is 1. The number of carbonyl (C=O) groups excluding carboxylic acids is 1. The molecular formula is C19H21Cl2N3O3S. The molecule has 150 valence electrons. The number of benzene rings is 2. The molecule has 0 aliphatic carbocycles. The first-order valence-corrected chi connectivity index (χ1v) is 11.0. The van der Waals surface area contributed by atoms with Gasteiger partial charge in [0.2, 0.25) is 15.9 Å². The summed E-state index contributed by atoms with van der Waals surface area (Å²) in [5.74, 6) is -0.159. The van der Waals surface area contributed by atoms with E-state index in [2.05, 4.69) is 5.32 Å². The summed E-state index contributed by atoms with van der Waals surface area (Å²) in [4.78, 5) is 14.4. The molecule has 0 radical (unpaired) electrons. The molecule has 1 aliphatic rings. The van der Waals surface area contributed by atoms with Crippen molar-refractivity contribution in [3.05, 3.63) is 58.1 Å². The highest BCUT2D eigenvalue weighted by Crippen LogP contribution is 2.25. The van der Waals surface area contributed by atoms with Crippen molar-refractivity contribution >= 4 is 44.8 Å². The highest BCUT2D eigenvalue weighted by atomic mass is 35.5. The standard InChI is InChI=1S/C19H21Cl2N3O3S/c1-14-15(20)6-4-7-17(14)22-19(25)13-23-9-11-24(12-10-23)28(26,27)18-8-3-2-5-16(18)21/h2-8H,9-13H2,1H3,(H,22,25). The van der Waals surface area contributed by atoms with Crippen LogP contribution in [-0.4, -0.2) is 56.3 Å². The van der Waals surface area contributed by atoms with Gasteiger partial charge in [0.25, 0.3) is 0 Å². The Morgan fingerprint density at radius 1 is 1.00 bits per heavy atom. The van der Waals surface area contributed by atoms with E-state index in [1.54, 1.807) is 36.4 Å². The number of piperazine rings is 1. The van der Waals surface area contributed by atoms with Gasteiger partial charge in [-0.25, -0.2) is 8.42 Å². The number of sulfonamides is 1. The molecule has 0 spiro atoms. The van der Waals surface area contributed by atoms with E-state index in [9.17, 15) is 13.2 Å². The number of halogens is 2. The quantitative estimate of drug-likeness (QED) is 0.772. The molecule has 3 rings (SSSR count). The lowest BCUT2D eigenvalue weighted by molar-refractivity contribution is -0.117. The molecule has 0 bridgehead atoms. The number of carbonyl (C=O) groups is 1. The average Bonchev–Trinajstić information content (AvgIpc) is 2.66. The summed E-state index contributed by atoms with van der Waals surface area (Å²) in [6.07, 6.45) is 0. The minimum atomic E-state index is -3.64. The van der Waals surface area contributed by atoms with E-state index in [1.165, 1.54) is 10.4 Å². The molecule has 6 nitrogen and oxygen atoms in total. The fourth-order valence-corrected chi connectivity index (χ4v) is 5.15. The van der Waals surface area contributed by atoms with Gasteiger partial charge in [0.1, 0.15) is 4.90 Å². The first-order valence-electron chi connectivity index (χ1n) is 8.81. The van der Waals surface area contributed by atoms with Crippen LogP contribution in [0.15, 0.2) is 47.4 Å². The zero-order valence-corrected chi connectivity index (χ0v) is 17.7. The van der Waals surface area contributed by atoms with Crippen molar-refractivity contribution in [3.63, 3.8) is 0 Å². The number of nitrogens with zero attached hydrogens (tertiary/aromatic N) is 2. The molecule has 1 aliphatic heterocycles. The molecule has 28 heavy (non-hydrogen) atoms. The zero-order valence-electron chi connectivity index (χ0n) is 15.4. The van der Waals surface area contributed by atoms with Gasteiger partial charge in [0, 0.05) is 36.9 Å². The van der Waals surface area contributed by atoms with Crippen LogP contribution >= 0.6 is 23.2 Å². The summed E-state index contributed by atoms with van der Waals surface area (Å²) >= 11 is 12.1. The molecule has 2 aromatic rings. The maximum Gasteiger partial charge on any atom is 0.244 e. The predicted octanol–water partition coefficient (Wildman–Crippen LogP) is 3.25. The van der Waals surface area contributed by atoms with Gasteiger partial charge in [-0.05, 0) is 36.8 Å². The third-order valence-corrected chi connectivity index (χ3v) is 7.50. The Balaban J connectivity index is 1.57. The third kappa shape index (κ3) is 4.67. The second-order valence-corrected chi connectivity index (χ2v) is 9.29. The first kappa shape index (κ1) is 21.1. The van der Waals surface area contributed by atoms with Gasteiger partial charge in [0.05, 0.1) is 11.6 Å². The van der Waals surface area contributed by atoms with Crippen LogP contribution in [0.3, 0.4) is 0 Å². The van der Waals surface area contributed by atoms with Gasteiger partial charge >= 0.3 is 0 Å². The third-order valence-electron chi connectivity index (χ3n) is 4.69. The number of hydrogen-bond donors (Lipinski definition) is 1. The smallest absolute Gasteiger partial charge is 0.244 e. The largest absolute Gasteiger partial charge is 0.325 e. The van der Waals surface area contributed by atoms with Crippen LogP contribution in [0.5, 0.6) is 0 Å². The summed E-state index contributed by atoms with van der Waals surface area (Å²) in [7, 11) is -3.64. The van der Waals surface area contributed by atoms with E-state index >= 15 is 0 Å². The Morgan fingerprint density at radius 2 is 1.64 bits per heavy atom. The number of nitrogens with one attached hydrogen (secondary N) is 1. The summed E-state index contributed by atoms with van der Waals surface area (Å²) in [5, 5.41) is 3.66. The van der Waals surface area contributed by atoms with Crippen molar-refractivity contribution in [3.8, 4) is 0 Å². The van der Waals surface area contributed by atoms with E-state index in [0.717, 1.165) is 5.56 Å². The predicted molar refractivity (Wildman–Crippen MR) is 111 cm³/mol. The lowest BCUT2D eigenvalue weighted by Gasteiger charge is -2.33. The summed E-state index contributed by atoms with van der Waals surface area (Å²) in [5.41, 5.74) is 1.49. The van der Waals surface area contributed by atoms with Crippen LogP contribution in [0.4, 0.5) is 5.69 Å². The lowest BCUT2D eigenvalue weighted by Crippen LogP contribution is -2.50. The topological polar surface area (TPSA) is 69.7 Å². The maximum atomic E-state index is 12.8. The molecule has 1 amide bonds. The van der Waals surface area contributed by atoms with Crippen LogP contribution in [0.25, 0.3) is 0 Å². The highest BCUT2D eigenvalue weighted by molar-refractivity contribution is 7.89. The Bertz CT molecular complexity index is 974. The van der Waals surface area contributed by atoms with Gasteiger partial charge in [-0.3, -0.25) is 9.69 Å². The molecule has 2 aromatic carbocycles. The molecular weight excluding hydrogens is 421 g/mol. The van der Waals surface area contributed by atoms with Gasteiger partial charge in [-0.1, -0.05) is 41.4 Å². The molecule has 1 fully saturated rings. The van der Waals surface area contributed by atoms with Crippen molar-refractivity contribution < 1.29 is 13.2 Å². The number of rotatable bonds is 5. The van der Waals surface area contributed by atoms with Crippen LogP contribution in [0, 0.1) is 6.92 Å². The molecule has 9 heteroatoms. The van der Waals surface area contributed by atoms with E-state index in [-0.39, 0.29) is 22.4 Å². The van der Waals surface area contributed by atoms with Crippen molar-refractivity contribution in [1.82, 2.24) is 9.21 Å². The Kier molecular flexibility index (Phi) is 6.62. The van der Waals surface area contributed by atoms with Crippen LogP contribution in [0.1, 0.15) is 5.56 Å². The molecule has 1 heterocycles. The minimum absolute atomic E-state index is 0.110. The average molecular weight is 442 g/mol. The Labute approximate surface area is 175 Å². The van der Waals surface area contributed by atoms with Crippen LogP contribution < -0.4 is 5.32 Å². The second-order valence-electron chi connectivity index (χ2n) is 6.57. The van der Waals surface area contributed by atoms with Gasteiger partial charge in [0.15, 0.2) is 0 Å². The highest BCUT2D eigenvalue weighted by Gasteiger charge is 2.30. The van der Waals surface area contributed by atoms with Crippen LogP contribution in [-0.2, 0) is 14.8 Å². The molecule has 1 N–H and O–H groups in total. The molecule has 1 saturated heterocycles. The summed E-state index contributed by atoms with van der Waals surface area (Å²) in [6.45, 7) is 3.56. The summed E-state index contributed by atoms with van der Waals surface area (Å²) < 4.78 is 27.0. The normalized spacial score (nSPS) is 16.1. The van der Waals surface area contributed by atoms with E-state index in [4.69, 9.17) is 23.2 Å². The number of hydrogen-bond acceptors (Lipinski definition) is 4. The van der Waals surface area contributed by atoms with Gasteiger partial charge in [-0.2, -0.15) is 4.31 Å². The summed E-state index contributed by atoms with van der Waals surface area (Å²) in [6, 6.07) is 11.8. The molecule has 0 aromatic heterocycles. The van der Waals surface area contributed by atoms with Gasteiger partial charge in [-0.15, -0.1) is 0 Å². The first-order chi connectivity index (χ1) is 13.3. The SMILES string of the molecule is Cc1c(Cl)cccc1NC(=O)CN1CCN(S(=O)(=O)c2ccccc2Cl)CC1. The zero-order chi connectivity index (χ0) is 20.3. The maximum absolute atomic E-state index is 12.8. The van der Waals surface area contributed by atoms with Gasteiger partial charge < -0.3 is 5.32 Å². The van der Waals surface area contributed by atoms with Crippen molar-refractivity contribution in [1.29, 1.82) is 0 Å². The monoisotopic (exact) mass is 441 g/mol. The van der Waals surface area contributed by atoms with Crippen molar-refractivity contribution in [2.75, 3.05) is 38.0 Å². The van der Waals surface area contributed by atoms with Crippen molar-refractivity contribution in [2.45, 2.75) is 11.8 Å². The Hall–Kier alpha value is -1.64. The number of amides is 1. The molecule has 0 atom stereocenters. The second kappa shape index (κ2) is 8.80. The van der Waals surface area contributed by atoms with Crippen LogP contribution in [0.2, 0.25) is 10.0 Å². The fourth-order valence-electron chi connectivity index (χ4n) is 3.06. The molecule has 0 saturated carbocycles. The lowest BCUT2D eigenvalue weighted by atomic mass is 10.2.